The van der Waals surface area contributed by atoms with E-state index in [0.717, 1.165) is 12.1 Å². The van der Waals surface area contributed by atoms with Gasteiger partial charge in [-0.2, -0.15) is 0 Å². The molecule has 1 fully saturated rings. The minimum Gasteiger partial charge on any atom is -0.395 e. The highest BCUT2D eigenvalue weighted by Crippen LogP contribution is 2.63. The van der Waals surface area contributed by atoms with Gasteiger partial charge in [0, 0.05) is 24.0 Å². The summed E-state index contributed by atoms with van der Waals surface area (Å²) in [7, 11) is 0. The van der Waals surface area contributed by atoms with E-state index < -0.39 is 0 Å². The normalized spacial score (nSPS) is 30.1. The van der Waals surface area contributed by atoms with Gasteiger partial charge in [-0.25, -0.2) is 0 Å². The molecule has 0 amide bonds. The molecule has 1 aliphatic carbocycles. The first-order valence-corrected chi connectivity index (χ1v) is 4.50. The molecule has 1 N–H and O–H groups in total. The molecule has 1 unspecified atom stereocenters. The summed E-state index contributed by atoms with van der Waals surface area (Å²) in [5.74, 6) is 0. The Labute approximate surface area is 77.8 Å². The number of nitrogens with zero attached hydrogens (tertiary/aromatic N) is 2. The van der Waals surface area contributed by atoms with Crippen molar-refractivity contribution in [1.82, 2.24) is 9.97 Å². The molecule has 0 saturated heterocycles. The molecule has 3 nitrogen and oxygen atoms in total. The first-order chi connectivity index (χ1) is 6.12. The van der Waals surface area contributed by atoms with Crippen LogP contribution in [0.15, 0.2) is 18.6 Å². The summed E-state index contributed by atoms with van der Waals surface area (Å²) < 4.78 is 0. The average Bonchev–Trinajstić information content (AvgIpc) is 2.72. The van der Waals surface area contributed by atoms with Gasteiger partial charge in [0.25, 0.3) is 0 Å². The van der Waals surface area contributed by atoms with E-state index in [1.54, 1.807) is 18.6 Å². The molecule has 13 heavy (non-hydrogen) atoms. The molecule has 1 heterocycles. The van der Waals surface area contributed by atoms with E-state index in [9.17, 15) is 5.11 Å². The van der Waals surface area contributed by atoms with Gasteiger partial charge in [0.15, 0.2) is 0 Å². The highest BCUT2D eigenvalue weighted by molar-refractivity contribution is 5.30. The van der Waals surface area contributed by atoms with E-state index in [1.807, 2.05) is 0 Å². The molecule has 0 aliphatic heterocycles. The molecule has 1 aromatic heterocycles. The van der Waals surface area contributed by atoms with Gasteiger partial charge in [0.05, 0.1) is 12.3 Å². The van der Waals surface area contributed by atoms with E-state index in [1.165, 1.54) is 0 Å². The predicted octanol–water partition coefficient (Wildman–Crippen LogP) is 1.14. The summed E-state index contributed by atoms with van der Waals surface area (Å²) in [5, 5.41) is 9.38. The molecule has 1 atom stereocenters. The maximum atomic E-state index is 9.38. The van der Waals surface area contributed by atoms with Crippen LogP contribution in [-0.4, -0.2) is 21.7 Å². The molecule has 1 saturated carbocycles. The van der Waals surface area contributed by atoms with Crippen molar-refractivity contribution >= 4 is 0 Å². The van der Waals surface area contributed by atoms with Crippen LogP contribution in [0.1, 0.15) is 26.0 Å². The van der Waals surface area contributed by atoms with Crippen molar-refractivity contribution in [3.8, 4) is 0 Å². The molecule has 0 bridgehead atoms. The minimum absolute atomic E-state index is 0.138. The van der Waals surface area contributed by atoms with E-state index >= 15 is 0 Å². The SMILES string of the molecule is CC1(C)CC1(CO)c1cnccn1. The fourth-order valence-corrected chi connectivity index (χ4v) is 2.04. The van der Waals surface area contributed by atoms with Crippen molar-refractivity contribution < 1.29 is 5.11 Å². The van der Waals surface area contributed by atoms with Crippen molar-refractivity contribution in [1.29, 1.82) is 0 Å². The fourth-order valence-electron chi connectivity index (χ4n) is 2.04. The van der Waals surface area contributed by atoms with Crippen LogP contribution >= 0.6 is 0 Å². The Morgan fingerprint density at radius 2 is 2.15 bits per heavy atom. The van der Waals surface area contributed by atoms with Crippen LogP contribution in [0.25, 0.3) is 0 Å². The number of aromatic nitrogens is 2. The van der Waals surface area contributed by atoms with Crippen LogP contribution in [0, 0.1) is 5.41 Å². The lowest BCUT2D eigenvalue weighted by Crippen LogP contribution is -2.20. The van der Waals surface area contributed by atoms with Gasteiger partial charge in [-0.3, -0.25) is 9.97 Å². The zero-order chi connectivity index (χ0) is 9.53. The van der Waals surface area contributed by atoms with Gasteiger partial charge in [-0.05, 0) is 11.8 Å². The number of hydrogen-bond acceptors (Lipinski definition) is 3. The lowest BCUT2D eigenvalue weighted by atomic mass is 9.93. The fraction of sp³-hybridized carbons (Fsp3) is 0.600. The minimum atomic E-state index is -0.138. The highest BCUT2D eigenvalue weighted by Gasteiger charge is 2.62. The predicted molar refractivity (Wildman–Crippen MR) is 49.2 cm³/mol. The lowest BCUT2D eigenvalue weighted by molar-refractivity contribution is 0.228. The number of aliphatic hydroxyl groups excluding tert-OH is 1. The maximum Gasteiger partial charge on any atom is 0.0676 e. The molecule has 0 spiro atoms. The van der Waals surface area contributed by atoms with E-state index in [0.29, 0.717) is 0 Å². The zero-order valence-corrected chi connectivity index (χ0v) is 7.99. The molecule has 70 valence electrons. The van der Waals surface area contributed by atoms with E-state index in [4.69, 9.17) is 0 Å². The molecule has 2 rings (SSSR count). The lowest BCUT2D eigenvalue weighted by Gasteiger charge is -2.15. The Balaban J connectivity index is 2.37. The summed E-state index contributed by atoms with van der Waals surface area (Å²) in [6.45, 7) is 4.47. The first kappa shape index (κ1) is 8.63. The van der Waals surface area contributed by atoms with Crippen molar-refractivity contribution in [3.63, 3.8) is 0 Å². The smallest absolute Gasteiger partial charge is 0.0676 e. The van der Waals surface area contributed by atoms with Gasteiger partial charge < -0.3 is 5.11 Å². The molecule has 3 heteroatoms. The topological polar surface area (TPSA) is 46.0 Å². The van der Waals surface area contributed by atoms with Crippen molar-refractivity contribution in [2.45, 2.75) is 25.7 Å². The number of rotatable bonds is 2. The van der Waals surface area contributed by atoms with E-state index in [2.05, 4.69) is 23.8 Å². The van der Waals surface area contributed by atoms with Crippen LogP contribution in [-0.2, 0) is 5.41 Å². The van der Waals surface area contributed by atoms with Crippen LogP contribution < -0.4 is 0 Å². The third-order valence-corrected chi connectivity index (χ3v) is 3.24. The standard InChI is InChI=1S/C10H14N2O/c1-9(2)6-10(9,7-13)8-5-11-3-4-12-8/h3-5,13H,6-7H2,1-2H3. The van der Waals surface area contributed by atoms with Crippen molar-refractivity contribution in [2.24, 2.45) is 5.41 Å². The maximum absolute atomic E-state index is 9.38. The number of aliphatic hydroxyl groups is 1. The van der Waals surface area contributed by atoms with Crippen LogP contribution in [0.5, 0.6) is 0 Å². The monoisotopic (exact) mass is 178 g/mol. The van der Waals surface area contributed by atoms with Gasteiger partial charge >= 0.3 is 0 Å². The molecule has 1 aromatic rings. The summed E-state index contributed by atoms with van der Waals surface area (Å²) in [6, 6.07) is 0. The quantitative estimate of drug-likeness (QED) is 0.738. The molecule has 1 aliphatic rings. The van der Waals surface area contributed by atoms with Gasteiger partial charge in [0.1, 0.15) is 0 Å². The number of hydrogen-bond donors (Lipinski definition) is 1. The Bertz CT molecular complexity index is 310. The summed E-state index contributed by atoms with van der Waals surface area (Å²) in [4.78, 5) is 8.29. The van der Waals surface area contributed by atoms with E-state index in [-0.39, 0.29) is 17.4 Å². The van der Waals surface area contributed by atoms with Crippen LogP contribution in [0.3, 0.4) is 0 Å². The third-order valence-electron chi connectivity index (χ3n) is 3.24. The van der Waals surface area contributed by atoms with Crippen molar-refractivity contribution in [2.75, 3.05) is 6.61 Å². The average molecular weight is 178 g/mol. The van der Waals surface area contributed by atoms with Gasteiger partial charge in [-0.1, -0.05) is 13.8 Å². The second-order valence-electron chi connectivity index (χ2n) is 4.39. The zero-order valence-electron chi connectivity index (χ0n) is 7.99. The van der Waals surface area contributed by atoms with Crippen LogP contribution in [0.2, 0.25) is 0 Å². The molecular weight excluding hydrogens is 164 g/mol. The Hall–Kier alpha value is -0.960. The Morgan fingerprint density at radius 1 is 1.46 bits per heavy atom. The third kappa shape index (κ3) is 1.07. The summed E-state index contributed by atoms with van der Waals surface area (Å²) in [5.41, 5.74) is 0.946. The summed E-state index contributed by atoms with van der Waals surface area (Å²) in [6.07, 6.45) is 6.09. The highest BCUT2D eigenvalue weighted by atomic mass is 16.3. The molecular formula is C10H14N2O. The first-order valence-electron chi connectivity index (χ1n) is 4.50. The second kappa shape index (κ2) is 2.51. The molecule has 0 radical (unpaired) electrons. The van der Waals surface area contributed by atoms with Gasteiger partial charge in [0.2, 0.25) is 0 Å². The van der Waals surface area contributed by atoms with Crippen LogP contribution in [0.4, 0.5) is 0 Å². The Morgan fingerprint density at radius 3 is 2.54 bits per heavy atom. The second-order valence-corrected chi connectivity index (χ2v) is 4.39. The van der Waals surface area contributed by atoms with Gasteiger partial charge in [-0.15, -0.1) is 0 Å². The summed E-state index contributed by atoms with van der Waals surface area (Å²) >= 11 is 0. The Kier molecular flexibility index (Phi) is 1.67. The largest absolute Gasteiger partial charge is 0.395 e. The van der Waals surface area contributed by atoms with Crippen molar-refractivity contribution in [3.05, 3.63) is 24.3 Å². The molecule has 0 aromatic carbocycles.